The maximum Gasteiger partial charge on any atom is -0.0448 e. The van der Waals surface area contributed by atoms with Gasteiger partial charge in [0.25, 0.3) is 0 Å². The number of hydrogen-bond donors (Lipinski definition) is 0. The molecule has 0 atom stereocenters. The van der Waals surface area contributed by atoms with Crippen LogP contribution in [0.25, 0.3) is 0 Å². The smallest absolute Gasteiger partial charge is 0.0448 e. The minimum absolute atomic E-state index is 0. The summed E-state index contributed by atoms with van der Waals surface area (Å²) in [4.78, 5) is 0. The Morgan fingerprint density at radius 1 is 0.571 bits per heavy atom. The number of rotatable bonds is 3. The molecule has 90 valence electrons. The second kappa shape index (κ2) is 11.1. The molecule has 0 aromatic carbocycles. The molecule has 0 unspecified atom stereocenters. The van der Waals surface area contributed by atoms with Crippen molar-refractivity contribution < 1.29 is 0 Å². The Morgan fingerprint density at radius 2 is 0.786 bits per heavy atom. The zero-order chi connectivity index (χ0) is 11.0. The van der Waals surface area contributed by atoms with Gasteiger partial charge in [-0.05, 0) is 30.1 Å². The first-order valence-electron chi connectivity index (χ1n) is 5.77. The predicted molar refractivity (Wildman–Crippen MR) is 70.7 cm³/mol. The third-order valence-corrected chi connectivity index (χ3v) is 2.28. The molecule has 0 radical (unpaired) electrons. The average Bonchev–Trinajstić information content (AvgIpc) is 1.84. The van der Waals surface area contributed by atoms with Crippen LogP contribution < -0.4 is 0 Å². The van der Waals surface area contributed by atoms with E-state index in [1.807, 2.05) is 0 Å². The SMILES string of the molecule is C.CC(C)C(C)C.CC(C)CC(C)C. The van der Waals surface area contributed by atoms with E-state index >= 15 is 0 Å². The highest BCUT2D eigenvalue weighted by Crippen LogP contribution is 2.08. The van der Waals surface area contributed by atoms with Crippen molar-refractivity contribution in [3.05, 3.63) is 0 Å². The summed E-state index contributed by atoms with van der Waals surface area (Å²) in [6.07, 6.45) is 1.36. The highest BCUT2D eigenvalue weighted by atomic mass is 14.0. The van der Waals surface area contributed by atoms with E-state index in [1.165, 1.54) is 6.42 Å². The molecule has 14 heavy (non-hydrogen) atoms. The molecular weight excluding hydrogens is 168 g/mol. The zero-order valence-electron chi connectivity index (χ0n) is 11.0. The van der Waals surface area contributed by atoms with Gasteiger partial charge >= 0.3 is 0 Å². The van der Waals surface area contributed by atoms with Crippen molar-refractivity contribution in [3.8, 4) is 0 Å². The summed E-state index contributed by atoms with van der Waals surface area (Å²) in [5.74, 6) is 3.45. The van der Waals surface area contributed by atoms with E-state index < -0.39 is 0 Å². The van der Waals surface area contributed by atoms with Crippen molar-refractivity contribution in [1.29, 1.82) is 0 Å². The van der Waals surface area contributed by atoms with Gasteiger partial charge in [0.05, 0.1) is 0 Å². The van der Waals surface area contributed by atoms with E-state index in [4.69, 9.17) is 0 Å². The van der Waals surface area contributed by atoms with Gasteiger partial charge in [-0.25, -0.2) is 0 Å². The average molecular weight is 202 g/mol. The summed E-state index contributed by atoms with van der Waals surface area (Å²) < 4.78 is 0. The highest BCUT2D eigenvalue weighted by molar-refractivity contribution is 4.47. The fraction of sp³-hybridized carbons (Fsp3) is 1.00. The van der Waals surface area contributed by atoms with Gasteiger partial charge in [-0.3, -0.25) is 0 Å². The predicted octanol–water partition coefficient (Wildman–Crippen LogP) is 5.62. The second-order valence-corrected chi connectivity index (χ2v) is 5.51. The first kappa shape index (κ1) is 19.6. The molecule has 0 aliphatic carbocycles. The third kappa shape index (κ3) is 22.7. The molecular formula is C14H34. The second-order valence-electron chi connectivity index (χ2n) is 5.51. The molecule has 0 saturated carbocycles. The molecule has 0 spiro atoms. The monoisotopic (exact) mass is 202 g/mol. The van der Waals surface area contributed by atoms with Crippen LogP contribution in [0.4, 0.5) is 0 Å². The Bertz CT molecular complexity index is 76.2. The molecule has 0 aromatic rings. The molecule has 0 amide bonds. The lowest BCUT2D eigenvalue weighted by Crippen LogP contribution is -1.95. The van der Waals surface area contributed by atoms with Gasteiger partial charge in [0.1, 0.15) is 0 Å². The van der Waals surface area contributed by atoms with E-state index in [1.54, 1.807) is 0 Å². The van der Waals surface area contributed by atoms with Crippen LogP contribution in [0, 0.1) is 23.7 Å². The van der Waals surface area contributed by atoms with Crippen LogP contribution in [0.2, 0.25) is 0 Å². The van der Waals surface area contributed by atoms with E-state index in [0.717, 1.165) is 23.7 Å². The van der Waals surface area contributed by atoms with Crippen molar-refractivity contribution in [3.63, 3.8) is 0 Å². The third-order valence-electron chi connectivity index (χ3n) is 2.28. The molecule has 0 heteroatoms. The van der Waals surface area contributed by atoms with Crippen LogP contribution in [0.15, 0.2) is 0 Å². The number of hydrogen-bond acceptors (Lipinski definition) is 0. The molecule has 0 fully saturated rings. The summed E-state index contributed by atoms with van der Waals surface area (Å²) in [7, 11) is 0. The molecule has 0 N–H and O–H groups in total. The lowest BCUT2D eigenvalue weighted by atomic mass is 10.0. The van der Waals surface area contributed by atoms with Crippen molar-refractivity contribution in [2.24, 2.45) is 23.7 Å². The molecule has 0 rings (SSSR count). The highest BCUT2D eigenvalue weighted by Gasteiger charge is 1.96. The van der Waals surface area contributed by atoms with E-state index in [9.17, 15) is 0 Å². The fourth-order valence-electron chi connectivity index (χ4n) is 0.943. The van der Waals surface area contributed by atoms with Crippen LogP contribution in [-0.2, 0) is 0 Å². The summed E-state index contributed by atoms with van der Waals surface area (Å²) in [6, 6.07) is 0. The first-order chi connectivity index (χ1) is 5.77. The largest absolute Gasteiger partial charge is 0.0776 e. The normalized spacial score (nSPS) is 10.3. The van der Waals surface area contributed by atoms with E-state index in [0.29, 0.717) is 0 Å². The molecule has 0 saturated heterocycles. The van der Waals surface area contributed by atoms with Crippen LogP contribution in [-0.4, -0.2) is 0 Å². The maximum absolute atomic E-state index is 2.26. The first-order valence-corrected chi connectivity index (χ1v) is 5.77. The topological polar surface area (TPSA) is 0 Å². The van der Waals surface area contributed by atoms with Crippen molar-refractivity contribution in [2.45, 2.75) is 69.2 Å². The van der Waals surface area contributed by atoms with Crippen molar-refractivity contribution >= 4 is 0 Å². The van der Waals surface area contributed by atoms with Gasteiger partial charge < -0.3 is 0 Å². The van der Waals surface area contributed by atoms with E-state index in [-0.39, 0.29) is 7.43 Å². The standard InChI is InChI=1S/C7H16.C6H14.CH4/c1-6(2)5-7(3)4;1-5(2)6(3)4;/h6-7H,5H2,1-4H3;5-6H,1-4H3;1H4. The molecule has 0 nitrogen and oxygen atoms in total. The molecule has 0 aromatic heterocycles. The summed E-state index contributed by atoms with van der Waals surface area (Å²) >= 11 is 0. The maximum atomic E-state index is 2.26. The fourth-order valence-corrected chi connectivity index (χ4v) is 0.943. The van der Waals surface area contributed by atoms with Gasteiger partial charge in [0, 0.05) is 0 Å². The van der Waals surface area contributed by atoms with Crippen LogP contribution in [0.3, 0.4) is 0 Å². The van der Waals surface area contributed by atoms with Gasteiger partial charge in [-0.2, -0.15) is 0 Å². The summed E-state index contributed by atoms with van der Waals surface area (Å²) in [5, 5.41) is 0. The van der Waals surface area contributed by atoms with E-state index in [2.05, 4.69) is 55.4 Å². The minimum Gasteiger partial charge on any atom is -0.0776 e. The molecule has 0 heterocycles. The lowest BCUT2D eigenvalue weighted by molar-refractivity contribution is 0.457. The Labute approximate surface area is 93.5 Å². The van der Waals surface area contributed by atoms with Crippen molar-refractivity contribution in [2.75, 3.05) is 0 Å². The Morgan fingerprint density at radius 3 is 0.786 bits per heavy atom. The quantitative estimate of drug-likeness (QED) is 0.557. The summed E-state index contributed by atoms with van der Waals surface area (Å²) in [6.45, 7) is 18.0. The Balaban J connectivity index is -0.000000163. The summed E-state index contributed by atoms with van der Waals surface area (Å²) in [5.41, 5.74) is 0. The van der Waals surface area contributed by atoms with Crippen LogP contribution in [0.5, 0.6) is 0 Å². The van der Waals surface area contributed by atoms with Gasteiger partial charge in [0.2, 0.25) is 0 Å². The van der Waals surface area contributed by atoms with Crippen molar-refractivity contribution in [1.82, 2.24) is 0 Å². The molecule has 0 aliphatic heterocycles. The zero-order valence-corrected chi connectivity index (χ0v) is 11.0. The van der Waals surface area contributed by atoms with Gasteiger partial charge in [-0.1, -0.05) is 62.8 Å². The van der Waals surface area contributed by atoms with Crippen LogP contribution >= 0.6 is 0 Å². The van der Waals surface area contributed by atoms with Crippen LogP contribution in [0.1, 0.15) is 69.2 Å². The van der Waals surface area contributed by atoms with Gasteiger partial charge in [-0.15, -0.1) is 0 Å². The molecule has 0 bridgehead atoms. The van der Waals surface area contributed by atoms with Gasteiger partial charge in [0.15, 0.2) is 0 Å². The lowest BCUT2D eigenvalue weighted by Gasteiger charge is -2.05. The Kier molecular flexibility index (Phi) is 15.5. The minimum atomic E-state index is 0. The molecule has 0 aliphatic rings. The Hall–Kier alpha value is 0.